The number of hydrogen-bond acceptors (Lipinski definition) is 2. The van der Waals surface area contributed by atoms with Gasteiger partial charge in [-0.25, -0.2) is 0 Å². The number of nitrogens with zero attached hydrogens (tertiary/aromatic N) is 2. The van der Waals surface area contributed by atoms with Gasteiger partial charge >= 0.3 is 0 Å². The van der Waals surface area contributed by atoms with Crippen molar-refractivity contribution in [3.63, 3.8) is 0 Å². The van der Waals surface area contributed by atoms with Crippen LogP contribution < -0.4 is 5.32 Å². The van der Waals surface area contributed by atoms with Gasteiger partial charge in [0.15, 0.2) is 0 Å². The molecule has 1 atom stereocenters. The Labute approximate surface area is 119 Å². The second-order valence-corrected chi connectivity index (χ2v) is 5.00. The minimum atomic E-state index is 0.317. The molecule has 1 N–H and O–H groups in total. The average molecular weight is 278 g/mol. The molecule has 0 aliphatic rings. The fraction of sp³-hybridized carbons (Fsp3) is 0.400. The minimum Gasteiger partial charge on any atom is -0.312 e. The lowest BCUT2D eigenvalue weighted by Crippen LogP contribution is -2.34. The zero-order valence-electron chi connectivity index (χ0n) is 11.2. The minimum absolute atomic E-state index is 0.317. The van der Waals surface area contributed by atoms with Crippen LogP contribution in [0, 0.1) is 0 Å². The number of alkyl halides is 1. The Morgan fingerprint density at radius 3 is 2.68 bits per heavy atom. The van der Waals surface area contributed by atoms with E-state index in [0.717, 1.165) is 19.4 Å². The van der Waals surface area contributed by atoms with E-state index in [1.807, 2.05) is 24.0 Å². The highest BCUT2D eigenvalue weighted by atomic mass is 35.5. The van der Waals surface area contributed by atoms with Crippen molar-refractivity contribution in [2.75, 3.05) is 12.4 Å². The Hall–Kier alpha value is -1.32. The van der Waals surface area contributed by atoms with Gasteiger partial charge < -0.3 is 5.32 Å². The number of aromatic nitrogens is 2. The highest BCUT2D eigenvalue weighted by molar-refractivity contribution is 6.18. The van der Waals surface area contributed by atoms with E-state index in [1.54, 1.807) is 0 Å². The summed E-state index contributed by atoms with van der Waals surface area (Å²) in [5.74, 6) is 0.625. The molecule has 3 nitrogen and oxygen atoms in total. The van der Waals surface area contributed by atoms with Crippen LogP contribution in [0.4, 0.5) is 0 Å². The Bertz CT molecular complexity index is 481. The Balaban J connectivity index is 1.78. The van der Waals surface area contributed by atoms with E-state index in [2.05, 4.69) is 40.7 Å². The Kier molecular flexibility index (Phi) is 5.43. The third-order valence-corrected chi connectivity index (χ3v) is 3.62. The van der Waals surface area contributed by atoms with Crippen LogP contribution in [0.1, 0.15) is 11.3 Å². The van der Waals surface area contributed by atoms with Gasteiger partial charge in [-0.2, -0.15) is 5.10 Å². The Morgan fingerprint density at radius 2 is 2.05 bits per heavy atom. The number of halogens is 1. The molecule has 102 valence electrons. The summed E-state index contributed by atoms with van der Waals surface area (Å²) >= 11 is 6.03. The fourth-order valence-electron chi connectivity index (χ4n) is 2.13. The lowest BCUT2D eigenvalue weighted by molar-refractivity contribution is 0.543. The molecule has 0 aliphatic heterocycles. The van der Waals surface area contributed by atoms with Crippen molar-refractivity contribution in [3.8, 4) is 0 Å². The number of nitrogens with one attached hydrogen (secondary N) is 1. The van der Waals surface area contributed by atoms with E-state index in [-0.39, 0.29) is 0 Å². The zero-order chi connectivity index (χ0) is 13.5. The third-order valence-electron chi connectivity index (χ3n) is 3.25. The van der Waals surface area contributed by atoms with E-state index in [4.69, 9.17) is 11.6 Å². The van der Waals surface area contributed by atoms with Crippen molar-refractivity contribution in [1.29, 1.82) is 0 Å². The summed E-state index contributed by atoms with van der Waals surface area (Å²) in [5.41, 5.74) is 2.56. The molecular weight excluding hydrogens is 258 g/mol. The molecule has 1 aromatic carbocycles. The molecular formula is C15H20ClN3. The third kappa shape index (κ3) is 4.37. The largest absolute Gasteiger partial charge is 0.312 e. The van der Waals surface area contributed by atoms with Gasteiger partial charge in [-0.05, 0) is 18.1 Å². The van der Waals surface area contributed by atoms with Gasteiger partial charge in [0, 0.05) is 43.8 Å². The molecule has 1 heterocycles. The number of hydrogen-bond donors (Lipinski definition) is 1. The van der Waals surface area contributed by atoms with Crippen LogP contribution in [0.2, 0.25) is 0 Å². The molecule has 19 heavy (non-hydrogen) atoms. The molecule has 0 radical (unpaired) electrons. The number of benzene rings is 1. The first kappa shape index (κ1) is 14.1. The van der Waals surface area contributed by atoms with Crippen molar-refractivity contribution in [3.05, 3.63) is 53.9 Å². The second kappa shape index (κ2) is 7.31. The van der Waals surface area contributed by atoms with Crippen molar-refractivity contribution < 1.29 is 0 Å². The fourth-order valence-corrected chi connectivity index (χ4v) is 2.35. The first-order chi connectivity index (χ1) is 9.29. The highest BCUT2D eigenvalue weighted by Crippen LogP contribution is 2.05. The van der Waals surface area contributed by atoms with Crippen LogP contribution in [0.25, 0.3) is 0 Å². The van der Waals surface area contributed by atoms with Crippen LogP contribution in [-0.4, -0.2) is 28.2 Å². The molecule has 1 aromatic heterocycles. The second-order valence-electron chi connectivity index (χ2n) is 4.69. The summed E-state index contributed by atoms with van der Waals surface area (Å²) in [6.45, 7) is 0.920. The molecule has 0 spiro atoms. The van der Waals surface area contributed by atoms with Gasteiger partial charge in [0.1, 0.15) is 0 Å². The zero-order valence-corrected chi connectivity index (χ0v) is 12.0. The standard InChI is InChI=1S/C15H20ClN3/c1-19-15(8-10-18-19)7-9-17-14(12-16)11-13-5-3-2-4-6-13/h2-6,8,10,14,17H,7,9,11-12H2,1H3. The summed E-state index contributed by atoms with van der Waals surface area (Å²) in [5, 5.41) is 7.68. The van der Waals surface area contributed by atoms with Crippen molar-refractivity contribution in [2.24, 2.45) is 7.05 Å². The smallest absolute Gasteiger partial charge is 0.0492 e. The van der Waals surface area contributed by atoms with Gasteiger partial charge in [-0.1, -0.05) is 30.3 Å². The van der Waals surface area contributed by atoms with Crippen LogP contribution in [0.15, 0.2) is 42.6 Å². The first-order valence-electron chi connectivity index (χ1n) is 6.59. The monoisotopic (exact) mass is 277 g/mol. The average Bonchev–Trinajstić information content (AvgIpc) is 2.84. The Morgan fingerprint density at radius 1 is 1.26 bits per heavy atom. The van der Waals surface area contributed by atoms with Crippen LogP contribution in [0.5, 0.6) is 0 Å². The lowest BCUT2D eigenvalue weighted by Gasteiger charge is -2.16. The van der Waals surface area contributed by atoms with Gasteiger partial charge in [-0.3, -0.25) is 4.68 Å². The summed E-state index contributed by atoms with van der Waals surface area (Å²) in [6.07, 6.45) is 3.77. The van der Waals surface area contributed by atoms with Gasteiger partial charge in [0.2, 0.25) is 0 Å². The molecule has 0 fully saturated rings. The van der Waals surface area contributed by atoms with Gasteiger partial charge in [-0.15, -0.1) is 11.6 Å². The molecule has 0 bridgehead atoms. The molecule has 0 saturated heterocycles. The SMILES string of the molecule is Cn1nccc1CCNC(CCl)Cc1ccccc1. The van der Waals surface area contributed by atoms with Crippen molar-refractivity contribution >= 4 is 11.6 Å². The molecule has 4 heteroatoms. The molecule has 2 aromatic rings. The molecule has 2 rings (SSSR count). The van der Waals surface area contributed by atoms with E-state index in [0.29, 0.717) is 11.9 Å². The topological polar surface area (TPSA) is 29.9 Å². The van der Waals surface area contributed by atoms with Gasteiger partial charge in [0.05, 0.1) is 0 Å². The van der Waals surface area contributed by atoms with Crippen LogP contribution >= 0.6 is 11.6 Å². The highest BCUT2D eigenvalue weighted by Gasteiger charge is 2.08. The molecule has 0 saturated carbocycles. The van der Waals surface area contributed by atoms with E-state index in [9.17, 15) is 0 Å². The van der Waals surface area contributed by atoms with E-state index >= 15 is 0 Å². The maximum atomic E-state index is 6.03. The van der Waals surface area contributed by atoms with Crippen molar-refractivity contribution in [1.82, 2.24) is 15.1 Å². The summed E-state index contributed by atoms with van der Waals surface area (Å²) < 4.78 is 1.91. The van der Waals surface area contributed by atoms with Gasteiger partial charge in [0.25, 0.3) is 0 Å². The van der Waals surface area contributed by atoms with E-state index < -0.39 is 0 Å². The number of aryl methyl sites for hydroxylation is 1. The maximum Gasteiger partial charge on any atom is 0.0492 e. The van der Waals surface area contributed by atoms with Crippen LogP contribution in [0.3, 0.4) is 0 Å². The summed E-state index contributed by atoms with van der Waals surface area (Å²) in [6, 6.07) is 12.8. The normalized spacial score (nSPS) is 12.5. The molecule has 0 aliphatic carbocycles. The quantitative estimate of drug-likeness (QED) is 0.788. The predicted molar refractivity (Wildman–Crippen MR) is 79.6 cm³/mol. The first-order valence-corrected chi connectivity index (χ1v) is 7.13. The van der Waals surface area contributed by atoms with Crippen molar-refractivity contribution in [2.45, 2.75) is 18.9 Å². The predicted octanol–water partition coefficient (Wildman–Crippen LogP) is 2.40. The molecule has 0 amide bonds. The van der Waals surface area contributed by atoms with E-state index in [1.165, 1.54) is 11.3 Å². The lowest BCUT2D eigenvalue weighted by atomic mass is 10.1. The summed E-state index contributed by atoms with van der Waals surface area (Å²) in [4.78, 5) is 0. The molecule has 1 unspecified atom stereocenters. The maximum absolute atomic E-state index is 6.03. The number of rotatable bonds is 7. The van der Waals surface area contributed by atoms with Crippen LogP contribution in [-0.2, 0) is 19.9 Å². The summed E-state index contributed by atoms with van der Waals surface area (Å²) in [7, 11) is 1.97.